The summed E-state index contributed by atoms with van der Waals surface area (Å²) in [5.41, 5.74) is 0. The van der Waals surface area contributed by atoms with Crippen molar-refractivity contribution in [1.82, 2.24) is 0 Å². The van der Waals surface area contributed by atoms with Crippen molar-refractivity contribution < 1.29 is 80.2 Å². The molecule has 6 atom stereocenters. The smallest absolute Gasteiger partial charge is 0.462 e. The molecule has 0 fully saturated rings. The molecule has 3 unspecified atom stereocenters. The van der Waals surface area contributed by atoms with E-state index in [1.54, 1.807) is 0 Å². The fourth-order valence-corrected chi connectivity index (χ4v) is 15.0. The average Bonchev–Trinajstić information content (AvgIpc) is 0.924. The highest BCUT2D eigenvalue weighted by molar-refractivity contribution is 7.47. The molecule has 0 bridgehead atoms. The van der Waals surface area contributed by atoms with E-state index in [1.807, 2.05) is 0 Å². The van der Waals surface area contributed by atoms with Gasteiger partial charge in [-0.3, -0.25) is 37.3 Å². The number of carbonyl (C=O) groups is 4. The van der Waals surface area contributed by atoms with Crippen molar-refractivity contribution in [3.8, 4) is 0 Å². The summed E-state index contributed by atoms with van der Waals surface area (Å²) in [7, 11) is -9.92. The predicted molar refractivity (Wildman–Crippen MR) is 432 cm³/mol. The lowest BCUT2D eigenvalue weighted by Crippen LogP contribution is -2.30. The molecule has 19 heteroatoms. The zero-order valence-corrected chi connectivity index (χ0v) is 70.8. The number of rotatable bonds is 85. The number of hydrogen-bond acceptors (Lipinski definition) is 15. The highest BCUT2D eigenvalue weighted by Gasteiger charge is 2.30. The van der Waals surface area contributed by atoms with Crippen LogP contribution in [0.25, 0.3) is 0 Å². The number of hydrogen-bond donors (Lipinski definition) is 3. The van der Waals surface area contributed by atoms with Gasteiger partial charge in [-0.2, -0.15) is 0 Å². The van der Waals surface area contributed by atoms with E-state index in [4.69, 9.17) is 37.0 Å². The second-order valence-corrected chi connectivity index (χ2v) is 34.6. The van der Waals surface area contributed by atoms with Crippen LogP contribution in [0, 0.1) is 11.8 Å². The lowest BCUT2D eigenvalue weighted by atomic mass is 9.99. The van der Waals surface area contributed by atoms with Gasteiger partial charge >= 0.3 is 39.5 Å². The summed E-state index contributed by atoms with van der Waals surface area (Å²) >= 11 is 0. The highest BCUT2D eigenvalue weighted by atomic mass is 31.2. The van der Waals surface area contributed by atoms with E-state index in [0.29, 0.717) is 25.7 Å². The van der Waals surface area contributed by atoms with Gasteiger partial charge in [0.25, 0.3) is 0 Å². The van der Waals surface area contributed by atoms with Gasteiger partial charge in [0.05, 0.1) is 26.4 Å². The van der Waals surface area contributed by atoms with Crippen LogP contribution in [-0.2, 0) is 65.4 Å². The zero-order valence-electron chi connectivity index (χ0n) is 69.0. The van der Waals surface area contributed by atoms with Crippen LogP contribution in [0.1, 0.15) is 459 Å². The van der Waals surface area contributed by atoms with E-state index < -0.39 is 97.5 Å². The number of aliphatic hydroxyl groups is 1. The normalized spacial score (nSPS) is 14.1. The van der Waals surface area contributed by atoms with E-state index in [9.17, 15) is 43.2 Å². The fourth-order valence-electron chi connectivity index (χ4n) is 13.4. The average molecular weight is 1540 g/mol. The maximum absolute atomic E-state index is 13.1. The molecule has 0 rings (SSSR count). The number of ether oxygens (including phenoxy) is 4. The third-order valence-corrected chi connectivity index (χ3v) is 22.5. The lowest BCUT2D eigenvalue weighted by molar-refractivity contribution is -0.161. The largest absolute Gasteiger partial charge is 0.472 e. The first-order valence-electron chi connectivity index (χ1n) is 44.5. The van der Waals surface area contributed by atoms with E-state index in [1.165, 1.54) is 276 Å². The number of aliphatic hydroxyl groups excluding tert-OH is 1. The lowest BCUT2D eigenvalue weighted by Gasteiger charge is -2.21. The minimum atomic E-state index is -4.97. The van der Waals surface area contributed by atoms with Crippen molar-refractivity contribution in [2.45, 2.75) is 477 Å². The van der Waals surface area contributed by atoms with Crippen molar-refractivity contribution in [3.63, 3.8) is 0 Å². The highest BCUT2D eigenvalue weighted by Crippen LogP contribution is 2.45. The minimum absolute atomic E-state index is 0.109. The summed E-state index contributed by atoms with van der Waals surface area (Å²) in [6.07, 6.45) is 69.4. The van der Waals surface area contributed by atoms with Crippen LogP contribution in [0.2, 0.25) is 0 Å². The molecule has 3 N–H and O–H groups in total. The third-order valence-electron chi connectivity index (χ3n) is 20.6. The Balaban J connectivity index is 5.20. The Morgan fingerprint density at radius 2 is 0.486 bits per heavy atom. The molecular weight excluding hydrogens is 1370 g/mol. The van der Waals surface area contributed by atoms with Gasteiger partial charge in [0, 0.05) is 25.7 Å². The molecular formula is C86H168O17P2. The van der Waals surface area contributed by atoms with Gasteiger partial charge < -0.3 is 33.8 Å². The molecule has 105 heavy (non-hydrogen) atoms. The van der Waals surface area contributed by atoms with Crippen molar-refractivity contribution in [1.29, 1.82) is 0 Å². The Morgan fingerprint density at radius 3 is 0.724 bits per heavy atom. The summed E-state index contributed by atoms with van der Waals surface area (Å²) < 4.78 is 68.8. The molecule has 0 aromatic rings. The first-order chi connectivity index (χ1) is 50.9. The molecule has 0 amide bonds. The first-order valence-corrected chi connectivity index (χ1v) is 47.5. The van der Waals surface area contributed by atoms with Crippen LogP contribution in [0.3, 0.4) is 0 Å². The molecule has 0 radical (unpaired) electrons. The van der Waals surface area contributed by atoms with Crippen LogP contribution >= 0.6 is 15.6 Å². The van der Waals surface area contributed by atoms with E-state index in [2.05, 4.69) is 41.5 Å². The quantitative estimate of drug-likeness (QED) is 0.0222. The molecule has 624 valence electrons. The summed E-state index contributed by atoms with van der Waals surface area (Å²) in [5, 5.41) is 10.7. The zero-order chi connectivity index (χ0) is 77.1. The molecule has 0 aliphatic rings. The van der Waals surface area contributed by atoms with Crippen LogP contribution < -0.4 is 0 Å². The van der Waals surface area contributed by atoms with Gasteiger partial charge in [-0.25, -0.2) is 9.13 Å². The third kappa shape index (κ3) is 78.5. The Hall–Kier alpha value is -1.94. The molecule has 0 spiro atoms. The second kappa shape index (κ2) is 77.4. The van der Waals surface area contributed by atoms with Crippen molar-refractivity contribution in [2.75, 3.05) is 39.6 Å². The number of esters is 4. The van der Waals surface area contributed by atoms with Gasteiger partial charge in [0.1, 0.15) is 19.3 Å². The standard InChI is InChI=1S/C86H168O17P2/c1-7-10-12-14-16-18-19-20-21-29-35-40-46-52-58-64-70-85(90)102-81(74-96-83(88)68-62-56-50-42-17-15-13-11-8-2)76-100-104(92,93)98-72-80(87)73-99-105(94,95)101-77-82(75-97-84(89)69-63-57-51-45-39-34-31-26-27-32-37-43-48-54-60-66-78(4)5)103-86(91)71-65-59-53-47-41-36-30-25-23-22-24-28-33-38-44-49-55-61-67-79(6)9-3/h78-82,87H,7-77H2,1-6H3,(H,92,93)(H,94,95)/t79?,80-,81+,82+/m0/s1. The number of phosphoric acid groups is 2. The Labute approximate surface area is 645 Å². The van der Waals surface area contributed by atoms with E-state index in [-0.39, 0.29) is 25.7 Å². The van der Waals surface area contributed by atoms with Crippen molar-refractivity contribution >= 4 is 39.5 Å². The summed E-state index contributed by atoms with van der Waals surface area (Å²) in [6.45, 7) is 9.75. The van der Waals surface area contributed by atoms with E-state index in [0.717, 1.165) is 102 Å². The van der Waals surface area contributed by atoms with Gasteiger partial charge in [0.2, 0.25) is 0 Å². The Bertz CT molecular complexity index is 2010. The van der Waals surface area contributed by atoms with E-state index >= 15 is 0 Å². The summed E-state index contributed by atoms with van der Waals surface area (Å²) in [5.74, 6) is -0.425. The summed E-state index contributed by atoms with van der Waals surface area (Å²) in [6, 6.07) is 0. The number of phosphoric ester groups is 2. The van der Waals surface area contributed by atoms with Gasteiger partial charge in [0.15, 0.2) is 12.2 Å². The van der Waals surface area contributed by atoms with Gasteiger partial charge in [-0.1, -0.05) is 408 Å². The molecule has 0 heterocycles. The SMILES string of the molecule is CCCCCCCCCCCCCCCCCCC(=O)O[C@H](COC(=O)CCCCCCCCCCC)COP(=O)(O)OC[C@H](O)COP(=O)(O)OC[C@@H](COC(=O)CCCCCCCCCCCCCCCCCC(C)C)OC(=O)CCCCCCCCCCCCCCCCCCCCC(C)CC. The molecule has 0 aliphatic heterocycles. The fraction of sp³-hybridized carbons (Fsp3) is 0.953. The molecule has 17 nitrogen and oxygen atoms in total. The monoisotopic (exact) mass is 1540 g/mol. The van der Waals surface area contributed by atoms with Crippen molar-refractivity contribution in [2.24, 2.45) is 11.8 Å². The van der Waals surface area contributed by atoms with Crippen LogP contribution in [0.4, 0.5) is 0 Å². The van der Waals surface area contributed by atoms with Gasteiger partial charge in [-0.05, 0) is 37.5 Å². The molecule has 0 saturated carbocycles. The molecule has 0 aliphatic carbocycles. The maximum atomic E-state index is 13.1. The molecule has 0 aromatic carbocycles. The topological polar surface area (TPSA) is 237 Å². The second-order valence-electron chi connectivity index (χ2n) is 31.6. The van der Waals surface area contributed by atoms with Crippen molar-refractivity contribution in [3.05, 3.63) is 0 Å². The van der Waals surface area contributed by atoms with Crippen LogP contribution in [0.5, 0.6) is 0 Å². The Kier molecular flexibility index (Phi) is 76.0. The summed E-state index contributed by atoms with van der Waals surface area (Å²) in [4.78, 5) is 73.2. The van der Waals surface area contributed by atoms with Crippen LogP contribution in [-0.4, -0.2) is 96.7 Å². The number of unbranched alkanes of at least 4 members (excludes halogenated alkanes) is 54. The van der Waals surface area contributed by atoms with Gasteiger partial charge in [-0.15, -0.1) is 0 Å². The van der Waals surface area contributed by atoms with Crippen LogP contribution in [0.15, 0.2) is 0 Å². The maximum Gasteiger partial charge on any atom is 0.472 e. The predicted octanol–water partition coefficient (Wildman–Crippen LogP) is 26.2. The molecule has 0 aromatic heterocycles. The Morgan fingerprint density at radius 1 is 0.276 bits per heavy atom. The number of carbonyl (C=O) groups excluding carboxylic acids is 4. The first kappa shape index (κ1) is 103. The minimum Gasteiger partial charge on any atom is -0.462 e. The molecule has 0 saturated heterocycles.